The summed E-state index contributed by atoms with van der Waals surface area (Å²) >= 11 is 0. The van der Waals surface area contributed by atoms with Crippen LogP contribution in [0.4, 0.5) is 0 Å². The maximum atomic E-state index is 12.5. The van der Waals surface area contributed by atoms with Crippen LogP contribution in [0.25, 0.3) is 0 Å². The molecule has 2 nitrogen and oxygen atoms in total. The molecule has 0 N–H and O–H groups in total. The van der Waals surface area contributed by atoms with E-state index < -0.39 is 10.8 Å². The highest BCUT2D eigenvalue weighted by Crippen LogP contribution is 2.18. The molecule has 144 valence electrons. The van der Waals surface area contributed by atoms with Gasteiger partial charge in [0.15, 0.2) is 0 Å². The van der Waals surface area contributed by atoms with Crippen LogP contribution in [0.1, 0.15) is 90.4 Å². The summed E-state index contributed by atoms with van der Waals surface area (Å²) in [7, 11) is 0.614. The highest BCUT2D eigenvalue weighted by Gasteiger charge is 2.16. The van der Waals surface area contributed by atoms with Gasteiger partial charge in [0, 0.05) is 12.0 Å². The van der Waals surface area contributed by atoms with Crippen molar-refractivity contribution in [2.45, 2.75) is 101 Å². The summed E-state index contributed by atoms with van der Waals surface area (Å²) in [5.41, 5.74) is -0.175. The molecule has 0 saturated carbocycles. The van der Waals surface area contributed by atoms with Crippen molar-refractivity contribution in [2.75, 3.05) is 7.11 Å². The fourth-order valence-electron chi connectivity index (χ4n) is 3.17. The number of hydrogen-bond donors (Lipinski definition) is 0. The Kier molecular flexibility index (Phi) is 13.9. The van der Waals surface area contributed by atoms with E-state index in [4.69, 9.17) is 4.74 Å². The molecular weight excluding hydrogens is 328 g/mol. The molecule has 1 rings (SSSR count). The normalized spacial score (nSPS) is 13.7. The summed E-state index contributed by atoms with van der Waals surface area (Å²) in [5.74, 6) is 0. The smallest absolute Gasteiger partial charge is 0.136 e. The summed E-state index contributed by atoms with van der Waals surface area (Å²) in [5, 5.41) is 0. The SMILES string of the molecule is CCCCCCCCCCCCCCC(OC)S(=O)c1ccccc1. The van der Waals surface area contributed by atoms with Gasteiger partial charge in [-0.15, -0.1) is 0 Å². The molecule has 0 aliphatic rings. The Balaban J connectivity index is 2.00. The lowest BCUT2D eigenvalue weighted by atomic mass is 10.0. The summed E-state index contributed by atoms with van der Waals surface area (Å²) in [6, 6.07) is 9.66. The molecule has 0 saturated heterocycles. The summed E-state index contributed by atoms with van der Waals surface area (Å²) in [6.07, 6.45) is 17.0. The average Bonchev–Trinajstić information content (AvgIpc) is 2.66. The molecular formula is C22H38O2S. The van der Waals surface area contributed by atoms with Crippen molar-refractivity contribution < 1.29 is 8.95 Å². The van der Waals surface area contributed by atoms with Crippen LogP contribution < -0.4 is 0 Å². The lowest BCUT2D eigenvalue weighted by Crippen LogP contribution is -2.17. The first kappa shape index (κ1) is 22.4. The van der Waals surface area contributed by atoms with E-state index in [1.807, 2.05) is 30.3 Å². The molecule has 0 radical (unpaired) electrons. The van der Waals surface area contributed by atoms with E-state index in [1.54, 1.807) is 7.11 Å². The van der Waals surface area contributed by atoms with Gasteiger partial charge in [0.25, 0.3) is 0 Å². The lowest BCUT2D eigenvalue weighted by Gasteiger charge is -2.14. The second kappa shape index (κ2) is 15.6. The van der Waals surface area contributed by atoms with Crippen LogP contribution >= 0.6 is 0 Å². The maximum Gasteiger partial charge on any atom is 0.136 e. The van der Waals surface area contributed by atoms with E-state index in [0.717, 1.165) is 17.7 Å². The third-order valence-corrected chi connectivity index (χ3v) is 6.41. The Labute approximate surface area is 158 Å². The molecule has 0 amide bonds. The van der Waals surface area contributed by atoms with E-state index in [1.165, 1.54) is 70.6 Å². The van der Waals surface area contributed by atoms with Gasteiger partial charge in [0.05, 0.1) is 10.8 Å². The molecule has 1 aromatic rings. The van der Waals surface area contributed by atoms with E-state index >= 15 is 0 Å². The van der Waals surface area contributed by atoms with Gasteiger partial charge >= 0.3 is 0 Å². The number of benzene rings is 1. The first-order valence-corrected chi connectivity index (χ1v) is 11.5. The van der Waals surface area contributed by atoms with Crippen molar-refractivity contribution >= 4 is 10.8 Å². The number of ether oxygens (including phenoxy) is 1. The average molecular weight is 367 g/mol. The van der Waals surface area contributed by atoms with Gasteiger partial charge in [0.1, 0.15) is 5.44 Å². The van der Waals surface area contributed by atoms with Crippen molar-refractivity contribution in [3.05, 3.63) is 30.3 Å². The zero-order valence-electron chi connectivity index (χ0n) is 16.4. The zero-order valence-corrected chi connectivity index (χ0v) is 17.2. The van der Waals surface area contributed by atoms with Crippen molar-refractivity contribution in [1.29, 1.82) is 0 Å². The molecule has 0 fully saturated rings. The van der Waals surface area contributed by atoms with Gasteiger partial charge in [0.2, 0.25) is 0 Å². The quantitative estimate of drug-likeness (QED) is 0.299. The number of rotatable bonds is 16. The predicted molar refractivity (Wildman–Crippen MR) is 109 cm³/mol. The molecule has 0 bridgehead atoms. The Morgan fingerprint density at radius 3 is 1.76 bits per heavy atom. The molecule has 0 aromatic heterocycles. The summed E-state index contributed by atoms with van der Waals surface area (Å²) < 4.78 is 18.0. The van der Waals surface area contributed by atoms with Crippen LogP contribution in [0.5, 0.6) is 0 Å². The molecule has 0 aliphatic carbocycles. The van der Waals surface area contributed by atoms with Crippen LogP contribution in [-0.4, -0.2) is 16.8 Å². The number of unbranched alkanes of at least 4 members (excludes halogenated alkanes) is 11. The van der Waals surface area contributed by atoms with Gasteiger partial charge in [-0.3, -0.25) is 4.21 Å². The Hall–Kier alpha value is -0.670. The van der Waals surface area contributed by atoms with Gasteiger partial charge in [-0.2, -0.15) is 0 Å². The Bertz CT molecular complexity index is 433. The fourth-order valence-corrected chi connectivity index (χ4v) is 4.46. The minimum atomic E-state index is -1.06. The molecule has 0 aliphatic heterocycles. The molecule has 2 atom stereocenters. The minimum Gasteiger partial charge on any atom is -0.368 e. The Morgan fingerprint density at radius 1 is 0.800 bits per heavy atom. The summed E-state index contributed by atoms with van der Waals surface area (Å²) in [4.78, 5) is 0.869. The maximum absolute atomic E-state index is 12.5. The highest BCUT2D eigenvalue weighted by atomic mass is 32.2. The van der Waals surface area contributed by atoms with Crippen molar-refractivity contribution in [2.24, 2.45) is 0 Å². The lowest BCUT2D eigenvalue weighted by molar-refractivity contribution is 0.158. The molecule has 25 heavy (non-hydrogen) atoms. The van der Waals surface area contributed by atoms with Crippen LogP contribution in [-0.2, 0) is 15.5 Å². The molecule has 0 heterocycles. The van der Waals surface area contributed by atoms with Crippen molar-refractivity contribution in [3.63, 3.8) is 0 Å². The topological polar surface area (TPSA) is 26.3 Å². The number of hydrogen-bond acceptors (Lipinski definition) is 2. The van der Waals surface area contributed by atoms with E-state index in [-0.39, 0.29) is 5.44 Å². The van der Waals surface area contributed by atoms with Gasteiger partial charge in [-0.05, 0) is 25.0 Å². The molecule has 2 unspecified atom stereocenters. The molecule has 0 spiro atoms. The van der Waals surface area contributed by atoms with Crippen molar-refractivity contribution in [3.8, 4) is 0 Å². The van der Waals surface area contributed by atoms with Gasteiger partial charge in [-0.25, -0.2) is 0 Å². The minimum absolute atomic E-state index is 0.175. The van der Waals surface area contributed by atoms with Crippen molar-refractivity contribution in [1.82, 2.24) is 0 Å². The van der Waals surface area contributed by atoms with E-state index in [9.17, 15) is 4.21 Å². The van der Waals surface area contributed by atoms with E-state index in [2.05, 4.69) is 6.92 Å². The first-order chi connectivity index (χ1) is 12.3. The largest absolute Gasteiger partial charge is 0.368 e. The third kappa shape index (κ3) is 10.8. The van der Waals surface area contributed by atoms with Crippen LogP contribution in [0.3, 0.4) is 0 Å². The fraction of sp³-hybridized carbons (Fsp3) is 0.727. The molecule has 3 heteroatoms. The van der Waals surface area contributed by atoms with Crippen LogP contribution in [0, 0.1) is 0 Å². The standard InChI is InChI=1S/C22H38O2S/c1-3-4-5-6-7-8-9-10-11-12-13-17-20-22(24-2)25(23)21-18-15-14-16-19-21/h14-16,18-19,22H,3-13,17,20H2,1-2H3. The van der Waals surface area contributed by atoms with Gasteiger partial charge < -0.3 is 4.74 Å². The first-order valence-electron chi connectivity index (χ1n) is 10.3. The van der Waals surface area contributed by atoms with Crippen LogP contribution in [0.15, 0.2) is 35.2 Å². The van der Waals surface area contributed by atoms with Gasteiger partial charge in [-0.1, -0.05) is 95.8 Å². The zero-order chi connectivity index (χ0) is 18.2. The predicted octanol–water partition coefficient (Wildman–Crippen LogP) is 6.86. The number of methoxy groups -OCH3 is 1. The summed E-state index contributed by atoms with van der Waals surface area (Å²) in [6.45, 7) is 2.27. The third-order valence-electron chi connectivity index (χ3n) is 4.77. The monoisotopic (exact) mass is 366 g/mol. The van der Waals surface area contributed by atoms with E-state index in [0.29, 0.717) is 0 Å². The van der Waals surface area contributed by atoms with Crippen LogP contribution in [0.2, 0.25) is 0 Å². The second-order valence-corrected chi connectivity index (χ2v) is 8.55. The second-order valence-electron chi connectivity index (χ2n) is 6.95. The highest BCUT2D eigenvalue weighted by molar-refractivity contribution is 7.85. The Morgan fingerprint density at radius 2 is 1.28 bits per heavy atom. The molecule has 1 aromatic carbocycles.